The van der Waals surface area contributed by atoms with E-state index < -0.39 is 31.6 Å². The molecule has 0 fully saturated rings. The first-order valence-corrected chi connectivity index (χ1v) is 10.2. The lowest BCUT2D eigenvalue weighted by Crippen LogP contribution is -2.56. The fraction of sp³-hybridized carbons (Fsp3) is 0.647. The van der Waals surface area contributed by atoms with Crippen LogP contribution in [0.15, 0.2) is 18.2 Å². The largest absolute Gasteiger partial charge is 0.416 e. The maximum atomic E-state index is 13.2. The lowest BCUT2D eigenvalue weighted by atomic mass is 10.1. The van der Waals surface area contributed by atoms with Gasteiger partial charge in [0.15, 0.2) is 0 Å². The number of rotatable bonds is 4. The zero-order valence-electron chi connectivity index (χ0n) is 14.7. The third-order valence-electron chi connectivity index (χ3n) is 4.95. The van der Waals surface area contributed by atoms with Gasteiger partial charge in [-0.15, -0.1) is 0 Å². The Bertz CT molecular complexity index is 515. The lowest BCUT2D eigenvalue weighted by Gasteiger charge is -2.44. The average molecular weight is 370 g/mol. The number of hydrogen-bond acceptors (Lipinski definition) is 0. The zero-order valence-corrected chi connectivity index (χ0v) is 15.7. The summed E-state index contributed by atoms with van der Waals surface area (Å²) in [5.41, 5.74) is -2.39. The minimum absolute atomic E-state index is 0.0158. The van der Waals surface area contributed by atoms with Crippen LogP contribution in [0.4, 0.5) is 26.3 Å². The highest BCUT2D eigenvalue weighted by atomic mass is 28.3. The first kappa shape index (κ1) is 21.1. The van der Waals surface area contributed by atoms with E-state index in [9.17, 15) is 26.3 Å². The Kier molecular flexibility index (Phi) is 5.90. The van der Waals surface area contributed by atoms with Crippen LogP contribution in [0.3, 0.4) is 0 Å². The van der Waals surface area contributed by atoms with Gasteiger partial charge in [0.05, 0.1) is 19.2 Å². The molecule has 0 bridgehead atoms. The van der Waals surface area contributed by atoms with E-state index in [4.69, 9.17) is 0 Å². The van der Waals surface area contributed by atoms with E-state index >= 15 is 0 Å². The molecule has 24 heavy (non-hydrogen) atoms. The van der Waals surface area contributed by atoms with Gasteiger partial charge in [-0.2, -0.15) is 26.3 Å². The van der Waals surface area contributed by atoms with E-state index in [1.54, 1.807) is 0 Å². The quantitative estimate of drug-likeness (QED) is 0.413. The molecule has 7 heteroatoms. The van der Waals surface area contributed by atoms with E-state index in [-0.39, 0.29) is 27.9 Å². The fourth-order valence-corrected chi connectivity index (χ4v) is 11.0. The first-order valence-electron chi connectivity index (χ1n) is 7.95. The van der Waals surface area contributed by atoms with Gasteiger partial charge in [-0.1, -0.05) is 58.9 Å². The van der Waals surface area contributed by atoms with E-state index in [1.165, 1.54) is 0 Å². The average Bonchev–Trinajstić information content (AvgIpc) is 2.35. The van der Waals surface area contributed by atoms with Gasteiger partial charge in [-0.05, 0) is 22.7 Å². The Labute approximate surface area is 140 Å². The van der Waals surface area contributed by atoms with Gasteiger partial charge in [-0.25, -0.2) is 0 Å². The molecule has 0 amide bonds. The van der Waals surface area contributed by atoms with Crippen LogP contribution in [0.5, 0.6) is 0 Å². The van der Waals surface area contributed by atoms with Crippen LogP contribution in [0.1, 0.15) is 52.7 Å². The summed E-state index contributed by atoms with van der Waals surface area (Å²) in [6, 6.07) is 2.10. The molecule has 0 atom stereocenters. The molecule has 0 saturated heterocycles. The summed E-state index contributed by atoms with van der Waals surface area (Å²) in [6.07, 6.45) is -9.61. The predicted molar refractivity (Wildman–Crippen MR) is 87.1 cm³/mol. The Morgan fingerprint density at radius 1 is 0.625 bits per heavy atom. The highest BCUT2D eigenvalue weighted by Gasteiger charge is 2.47. The molecule has 0 radical (unpaired) electrons. The number of halogens is 6. The summed E-state index contributed by atoms with van der Waals surface area (Å²) in [7, 11) is -2.62. The second kappa shape index (κ2) is 6.73. The van der Waals surface area contributed by atoms with Crippen LogP contribution in [0.25, 0.3) is 0 Å². The third-order valence-corrected chi connectivity index (χ3v) is 12.0. The summed E-state index contributed by atoms with van der Waals surface area (Å²) < 4.78 is 79.1. The molecule has 0 aliphatic heterocycles. The second-order valence-electron chi connectivity index (χ2n) is 7.19. The number of hydrogen-bond donors (Lipinski definition) is 0. The predicted octanol–water partition coefficient (Wildman–Crippen LogP) is 6.61. The molecular formula is C17H24F6Si. The topological polar surface area (TPSA) is 0 Å². The molecule has 1 rings (SSSR count). The first-order chi connectivity index (χ1) is 10.6. The Morgan fingerprint density at radius 2 is 0.917 bits per heavy atom. The van der Waals surface area contributed by atoms with Gasteiger partial charge in [-0.3, -0.25) is 0 Å². The molecule has 138 valence electrons. The van der Waals surface area contributed by atoms with E-state index in [0.717, 1.165) is 12.1 Å². The smallest absolute Gasteiger partial charge is 0.166 e. The molecule has 1 aromatic carbocycles. The number of alkyl halides is 6. The Morgan fingerprint density at radius 3 is 1.12 bits per heavy atom. The lowest BCUT2D eigenvalue weighted by molar-refractivity contribution is -0.142. The van der Waals surface area contributed by atoms with Crippen molar-refractivity contribution >= 4 is 13.3 Å². The summed E-state index contributed by atoms with van der Waals surface area (Å²) >= 11 is 0. The van der Waals surface area contributed by atoms with Crippen LogP contribution >= 0.6 is 0 Å². The summed E-state index contributed by atoms with van der Waals surface area (Å²) in [4.78, 5) is 0. The molecule has 0 nitrogen and oxygen atoms in total. The van der Waals surface area contributed by atoms with E-state index in [0.29, 0.717) is 0 Å². The molecule has 0 N–H and O–H groups in total. The van der Waals surface area contributed by atoms with Crippen molar-refractivity contribution in [3.05, 3.63) is 29.3 Å². The minimum atomic E-state index is -4.80. The minimum Gasteiger partial charge on any atom is -0.166 e. The fourth-order valence-electron chi connectivity index (χ4n) is 4.20. The molecule has 0 heterocycles. The SMILES string of the molecule is CC(C)[Si](c1cc(C(F)(F)F)cc(C(F)(F)F)c1)(C(C)C)C(C)C. The van der Waals surface area contributed by atoms with Crippen LogP contribution in [0, 0.1) is 0 Å². The highest BCUT2D eigenvalue weighted by Crippen LogP contribution is 2.43. The zero-order chi connectivity index (χ0) is 19.1. The molecule has 0 saturated carbocycles. The molecule has 1 aromatic rings. The van der Waals surface area contributed by atoms with Crippen molar-refractivity contribution in [1.29, 1.82) is 0 Å². The van der Waals surface area contributed by atoms with Crippen molar-refractivity contribution in [2.24, 2.45) is 0 Å². The third kappa shape index (κ3) is 3.81. The van der Waals surface area contributed by atoms with Crippen LogP contribution < -0.4 is 5.19 Å². The van der Waals surface area contributed by atoms with Gasteiger partial charge >= 0.3 is 12.4 Å². The van der Waals surface area contributed by atoms with Crippen LogP contribution in [0.2, 0.25) is 16.6 Å². The van der Waals surface area contributed by atoms with Crippen molar-refractivity contribution < 1.29 is 26.3 Å². The molecule has 0 unspecified atom stereocenters. The van der Waals surface area contributed by atoms with Crippen molar-refractivity contribution in [2.75, 3.05) is 0 Å². The summed E-state index contributed by atoms with van der Waals surface area (Å²) in [6.45, 7) is 11.4. The van der Waals surface area contributed by atoms with E-state index in [2.05, 4.69) is 0 Å². The van der Waals surface area contributed by atoms with Crippen LogP contribution in [-0.4, -0.2) is 8.07 Å². The normalized spacial score (nSPS) is 14.1. The van der Waals surface area contributed by atoms with Gasteiger partial charge in [0.25, 0.3) is 0 Å². The molecule has 0 aliphatic rings. The molecular weight excluding hydrogens is 346 g/mol. The van der Waals surface area contributed by atoms with Gasteiger partial charge in [0.1, 0.15) is 0 Å². The van der Waals surface area contributed by atoms with Gasteiger partial charge in [0, 0.05) is 0 Å². The molecule has 0 aliphatic carbocycles. The summed E-state index contributed by atoms with van der Waals surface area (Å²) in [5, 5.41) is 0.240. The van der Waals surface area contributed by atoms with Crippen molar-refractivity contribution in [3.8, 4) is 0 Å². The van der Waals surface area contributed by atoms with Crippen molar-refractivity contribution in [1.82, 2.24) is 0 Å². The standard InChI is InChI=1S/C17H24F6Si/c1-10(2)24(11(3)4,12(5)6)15-8-13(16(18,19)20)7-14(9-15)17(21,22)23/h7-12H,1-6H3. The van der Waals surface area contributed by atoms with Crippen LogP contribution in [-0.2, 0) is 12.4 Å². The molecule has 0 aromatic heterocycles. The maximum absolute atomic E-state index is 13.2. The van der Waals surface area contributed by atoms with E-state index in [1.807, 2.05) is 41.5 Å². The van der Waals surface area contributed by atoms with Crippen molar-refractivity contribution in [3.63, 3.8) is 0 Å². The van der Waals surface area contributed by atoms with Crippen molar-refractivity contribution in [2.45, 2.75) is 70.5 Å². The molecule has 0 spiro atoms. The monoisotopic (exact) mass is 370 g/mol. The highest BCUT2D eigenvalue weighted by molar-refractivity contribution is 6.95. The number of benzene rings is 1. The Hall–Kier alpha value is -0.983. The summed E-state index contributed by atoms with van der Waals surface area (Å²) in [5.74, 6) is 0. The van der Waals surface area contributed by atoms with Gasteiger partial charge < -0.3 is 0 Å². The second-order valence-corrected chi connectivity index (χ2v) is 13.1. The van der Waals surface area contributed by atoms with Gasteiger partial charge in [0.2, 0.25) is 0 Å². The maximum Gasteiger partial charge on any atom is 0.416 e. The Balaban J connectivity index is 3.84.